The Morgan fingerprint density at radius 3 is 2.67 bits per heavy atom. The maximum atomic E-state index is 13.3. The van der Waals surface area contributed by atoms with Gasteiger partial charge >= 0.3 is 0 Å². The van der Waals surface area contributed by atoms with E-state index in [1.165, 1.54) is 23.3 Å². The Morgan fingerprint density at radius 1 is 1.20 bits per heavy atom. The van der Waals surface area contributed by atoms with E-state index in [4.69, 9.17) is 16.0 Å². The molecule has 0 fully saturated rings. The van der Waals surface area contributed by atoms with E-state index in [0.717, 1.165) is 11.1 Å². The first kappa shape index (κ1) is 20.1. The minimum absolute atomic E-state index is 0.284. The van der Waals surface area contributed by atoms with Crippen molar-refractivity contribution in [3.8, 4) is 0 Å². The molecule has 3 aromatic rings. The first-order chi connectivity index (χ1) is 14.4. The molecular formula is C24H20ClNO4. The van der Waals surface area contributed by atoms with E-state index in [2.05, 4.69) is 0 Å². The number of hydrogen-bond donors (Lipinski definition) is 1. The first-order valence-electron chi connectivity index (χ1n) is 9.51. The maximum absolute atomic E-state index is 13.3. The molecule has 1 N–H and O–H groups in total. The number of amides is 1. The Bertz CT molecular complexity index is 1120. The molecule has 0 aliphatic carbocycles. The lowest BCUT2D eigenvalue weighted by atomic mass is 9.90. The molecule has 1 aliphatic heterocycles. The topological polar surface area (TPSA) is 70.8 Å². The molecule has 1 amide bonds. The summed E-state index contributed by atoms with van der Waals surface area (Å²) in [5.41, 5.74) is 0.949. The molecule has 0 spiro atoms. The van der Waals surface area contributed by atoms with Crippen LogP contribution in [0.2, 0.25) is 5.02 Å². The van der Waals surface area contributed by atoms with Gasteiger partial charge in [0.25, 0.3) is 5.91 Å². The lowest BCUT2D eigenvalue weighted by molar-refractivity contribution is -0.140. The largest absolute Gasteiger partial charge is 0.465 e. The Kier molecular flexibility index (Phi) is 5.33. The van der Waals surface area contributed by atoms with Gasteiger partial charge in [-0.05, 0) is 55.0 Å². The molecule has 1 aliphatic rings. The molecular weight excluding hydrogens is 402 g/mol. The van der Waals surface area contributed by atoms with Crippen molar-refractivity contribution in [1.82, 2.24) is 0 Å². The number of aliphatic hydroxyl groups is 1. The van der Waals surface area contributed by atoms with Crippen LogP contribution in [-0.4, -0.2) is 16.8 Å². The average molecular weight is 422 g/mol. The highest BCUT2D eigenvalue weighted by Crippen LogP contribution is 2.44. The fourth-order valence-electron chi connectivity index (χ4n) is 3.60. The zero-order chi connectivity index (χ0) is 21.3. The van der Waals surface area contributed by atoms with Crippen LogP contribution in [0.5, 0.6) is 0 Å². The molecule has 1 aromatic heterocycles. The van der Waals surface area contributed by atoms with Crippen molar-refractivity contribution in [3.05, 3.63) is 94.4 Å². The van der Waals surface area contributed by atoms with Crippen LogP contribution in [0.15, 0.2) is 71.4 Å². The summed E-state index contributed by atoms with van der Waals surface area (Å²) in [5.74, 6) is -0.428. The predicted molar refractivity (Wildman–Crippen MR) is 115 cm³/mol. The highest BCUT2D eigenvalue weighted by molar-refractivity contribution is 6.31. The number of rotatable bonds is 6. The van der Waals surface area contributed by atoms with Crippen LogP contribution in [0.3, 0.4) is 0 Å². The van der Waals surface area contributed by atoms with Crippen molar-refractivity contribution >= 4 is 35.1 Å². The number of carbonyl (C=O) groups excluding carboxylic acids is 2. The third-order valence-electron chi connectivity index (χ3n) is 5.16. The van der Waals surface area contributed by atoms with Crippen molar-refractivity contribution in [1.29, 1.82) is 0 Å². The Balaban J connectivity index is 1.64. The molecule has 6 heteroatoms. The van der Waals surface area contributed by atoms with Crippen LogP contribution in [0, 0.1) is 6.92 Å². The van der Waals surface area contributed by atoms with E-state index in [-0.39, 0.29) is 13.0 Å². The summed E-state index contributed by atoms with van der Waals surface area (Å²) in [4.78, 5) is 27.3. The molecule has 30 heavy (non-hydrogen) atoms. The standard InChI is InChI=1S/C24H20ClNO4/c1-16-4-6-17(7-5-16)15-26-22-11-8-18(25)13-21(22)24(29,23(26)28)14-19(27)9-10-20-3-2-12-30-20/h2-13,29H,14-15H2,1H3/b10-9+/t24-/m0/s1. The van der Waals surface area contributed by atoms with Gasteiger partial charge in [0.1, 0.15) is 5.76 Å². The van der Waals surface area contributed by atoms with Gasteiger partial charge in [-0.2, -0.15) is 0 Å². The van der Waals surface area contributed by atoms with Crippen LogP contribution in [0.1, 0.15) is 28.9 Å². The van der Waals surface area contributed by atoms with Crippen molar-refractivity contribution < 1.29 is 19.1 Å². The predicted octanol–water partition coefficient (Wildman–Crippen LogP) is 4.65. The van der Waals surface area contributed by atoms with Crippen LogP contribution in [0.25, 0.3) is 6.08 Å². The summed E-state index contributed by atoms with van der Waals surface area (Å²) in [7, 11) is 0. The minimum Gasteiger partial charge on any atom is -0.465 e. The van der Waals surface area contributed by atoms with Crippen molar-refractivity contribution in [2.75, 3.05) is 4.90 Å². The molecule has 0 bridgehead atoms. The Labute approximate surface area is 179 Å². The monoisotopic (exact) mass is 421 g/mol. The maximum Gasteiger partial charge on any atom is 0.264 e. The van der Waals surface area contributed by atoms with Gasteiger partial charge in [0.15, 0.2) is 11.4 Å². The molecule has 0 saturated carbocycles. The van der Waals surface area contributed by atoms with Crippen molar-refractivity contribution in [2.45, 2.75) is 25.5 Å². The molecule has 0 radical (unpaired) electrons. The van der Waals surface area contributed by atoms with Gasteiger partial charge in [0.05, 0.1) is 24.9 Å². The number of furan rings is 1. The van der Waals surface area contributed by atoms with Crippen LogP contribution in [-0.2, 0) is 21.7 Å². The highest BCUT2D eigenvalue weighted by atomic mass is 35.5. The van der Waals surface area contributed by atoms with Crippen LogP contribution >= 0.6 is 11.6 Å². The van der Waals surface area contributed by atoms with Crippen LogP contribution < -0.4 is 4.90 Å². The fourth-order valence-corrected chi connectivity index (χ4v) is 3.77. The lowest BCUT2D eigenvalue weighted by Crippen LogP contribution is -2.41. The number of aryl methyl sites for hydroxylation is 1. The average Bonchev–Trinajstić information content (AvgIpc) is 3.30. The number of ketones is 1. The second-order valence-corrected chi connectivity index (χ2v) is 7.83. The quantitative estimate of drug-likeness (QED) is 0.588. The van der Waals surface area contributed by atoms with E-state index >= 15 is 0 Å². The van der Waals surface area contributed by atoms with Gasteiger partial charge in [0.2, 0.25) is 0 Å². The van der Waals surface area contributed by atoms with Crippen molar-refractivity contribution in [3.63, 3.8) is 0 Å². The van der Waals surface area contributed by atoms with Gasteiger partial charge in [-0.1, -0.05) is 41.4 Å². The number of carbonyl (C=O) groups is 2. The van der Waals surface area contributed by atoms with E-state index in [0.29, 0.717) is 22.0 Å². The number of benzene rings is 2. The molecule has 0 saturated heterocycles. The Hall–Kier alpha value is -3.15. The fraction of sp³-hybridized carbons (Fsp3) is 0.167. The summed E-state index contributed by atoms with van der Waals surface area (Å²) in [6.07, 6.45) is 3.92. The normalized spacial score (nSPS) is 18.2. The first-order valence-corrected chi connectivity index (χ1v) is 9.89. The van der Waals surface area contributed by atoms with Gasteiger partial charge in [-0.25, -0.2) is 0 Å². The number of halogens is 1. The van der Waals surface area contributed by atoms with E-state index in [1.54, 1.807) is 30.3 Å². The molecule has 0 unspecified atom stereocenters. The van der Waals surface area contributed by atoms with Gasteiger partial charge in [-0.3, -0.25) is 9.59 Å². The third-order valence-corrected chi connectivity index (χ3v) is 5.40. The molecule has 152 valence electrons. The second-order valence-electron chi connectivity index (χ2n) is 7.39. The van der Waals surface area contributed by atoms with Gasteiger partial charge < -0.3 is 14.4 Å². The van der Waals surface area contributed by atoms with Crippen LogP contribution in [0.4, 0.5) is 5.69 Å². The molecule has 4 rings (SSSR count). The number of nitrogens with zero attached hydrogens (tertiary/aromatic N) is 1. The summed E-state index contributed by atoms with van der Waals surface area (Å²) in [6, 6.07) is 16.1. The summed E-state index contributed by atoms with van der Waals surface area (Å²) < 4.78 is 5.17. The molecule has 2 aromatic carbocycles. The zero-order valence-electron chi connectivity index (χ0n) is 16.3. The van der Waals surface area contributed by atoms with E-state index < -0.39 is 17.3 Å². The number of fused-ring (bicyclic) bond motifs is 1. The van der Waals surface area contributed by atoms with E-state index in [1.807, 2.05) is 31.2 Å². The smallest absolute Gasteiger partial charge is 0.264 e. The summed E-state index contributed by atoms with van der Waals surface area (Å²) >= 11 is 6.14. The van der Waals surface area contributed by atoms with Gasteiger partial charge in [-0.15, -0.1) is 0 Å². The number of hydrogen-bond acceptors (Lipinski definition) is 4. The minimum atomic E-state index is -1.98. The molecule has 5 nitrogen and oxygen atoms in total. The number of allylic oxidation sites excluding steroid dienone is 1. The van der Waals surface area contributed by atoms with Crippen molar-refractivity contribution in [2.24, 2.45) is 0 Å². The lowest BCUT2D eigenvalue weighted by Gasteiger charge is -2.22. The Morgan fingerprint density at radius 2 is 1.97 bits per heavy atom. The zero-order valence-corrected chi connectivity index (χ0v) is 17.1. The summed E-state index contributed by atoms with van der Waals surface area (Å²) in [5, 5.41) is 11.7. The summed E-state index contributed by atoms with van der Waals surface area (Å²) in [6.45, 7) is 2.27. The second kappa shape index (κ2) is 7.94. The highest BCUT2D eigenvalue weighted by Gasteiger charge is 2.50. The SMILES string of the molecule is Cc1ccc(CN2C(=O)[C@](O)(CC(=O)/C=C/c3ccco3)c3cc(Cl)ccc32)cc1. The third kappa shape index (κ3) is 3.82. The molecule has 2 heterocycles. The van der Waals surface area contributed by atoms with Gasteiger partial charge in [0, 0.05) is 10.6 Å². The van der Waals surface area contributed by atoms with E-state index in [9.17, 15) is 14.7 Å². The molecule has 1 atom stereocenters. The number of anilines is 1.